The van der Waals surface area contributed by atoms with E-state index in [1.54, 1.807) is 12.1 Å². The summed E-state index contributed by atoms with van der Waals surface area (Å²) in [5.74, 6) is -0.108. The lowest BCUT2D eigenvalue weighted by molar-refractivity contribution is -0.120. The second-order valence-corrected chi connectivity index (χ2v) is 7.86. The van der Waals surface area contributed by atoms with Gasteiger partial charge in [-0.25, -0.2) is 4.79 Å². The Bertz CT molecular complexity index is 601. The molecule has 1 aliphatic rings. The number of nitrogens with one attached hydrogen (secondary N) is 2. The zero-order chi connectivity index (χ0) is 16.9. The Kier molecular flexibility index (Phi) is 3.71. The highest BCUT2D eigenvalue weighted by molar-refractivity contribution is 6.04. The first-order valence-electron chi connectivity index (χ1n) is 7.40. The van der Waals surface area contributed by atoms with Gasteiger partial charge in [0.15, 0.2) is 0 Å². The summed E-state index contributed by atoms with van der Waals surface area (Å²) in [4.78, 5) is 23.3. The highest BCUT2D eigenvalue weighted by Crippen LogP contribution is 2.41. The van der Waals surface area contributed by atoms with Crippen LogP contribution in [0.4, 0.5) is 4.79 Å². The van der Waals surface area contributed by atoms with Crippen LogP contribution in [0.25, 0.3) is 0 Å². The molecule has 5 nitrogen and oxygen atoms in total. The van der Waals surface area contributed by atoms with E-state index in [0.717, 1.165) is 11.1 Å². The molecular formula is C17H24N2O3. The zero-order valence-electron chi connectivity index (χ0n) is 14.0. The number of urea groups is 1. The van der Waals surface area contributed by atoms with E-state index in [0.29, 0.717) is 5.56 Å². The summed E-state index contributed by atoms with van der Waals surface area (Å²) in [6.07, 6.45) is 0. The minimum atomic E-state index is -0.713. The van der Waals surface area contributed by atoms with Gasteiger partial charge in [0.25, 0.3) is 5.91 Å². The Labute approximate surface area is 131 Å². The van der Waals surface area contributed by atoms with Gasteiger partial charge >= 0.3 is 6.03 Å². The summed E-state index contributed by atoms with van der Waals surface area (Å²) < 4.78 is 0. The summed E-state index contributed by atoms with van der Waals surface area (Å²) >= 11 is 0. The number of amides is 3. The highest BCUT2D eigenvalue weighted by Gasteiger charge is 2.34. The van der Waals surface area contributed by atoms with Gasteiger partial charge in [0.05, 0.1) is 0 Å². The van der Waals surface area contributed by atoms with Crippen LogP contribution in [0.3, 0.4) is 0 Å². The fourth-order valence-electron chi connectivity index (χ4n) is 2.62. The summed E-state index contributed by atoms with van der Waals surface area (Å²) in [7, 11) is 0. The van der Waals surface area contributed by atoms with Crippen LogP contribution in [-0.4, -0.2) is 17.0 Å². The van der Waals surface area contributed by atoms with E-state index in [1.807, 2.05) is 41.5 Å². The minimum absolute atomic E-state index is 0.258. The lowest BCUT2D eigenvalue weighted by Gasteiger charge is -2.28. The second kappa shape index (κ2) is 5.00. The number of imide groups is 1. The lowest BCUT2D eigenvalue weighted by Crippen LogP contribution is -2.23. The van der Waals surface area contributed by atoms with Gasteiger partial charge < -0.3 is 10.4 Å². The number of aromatic hydroxyl groups is 1. The number of benzene rings is 1. The third-order valence-corrected chi connectivity index (χ3v) is 3.86. The summed E-state index contributed by atoms with van der Waals surface area (Å²) in [5, 5.41) is 15.5. The van der Waals surface area contributed by atoms with Crippen LogP contribution < -0.4 is 10.6 Å². The normalized spacial score (nSPS) is 19.1. The molecule has 2 rings (SSSR count). The zero-order valence-corrected chi connectivity index (χ0v) is 14.0. The van der Waals surface area contributed by atoms with Crippen molar-refractivity contribution in [3.63, 3.8) is 0 Å². The third-order valence-electron chi connectivity index (χ3n) is 3.86. The van der Waals surface area contributed by atoms with Crippen molar-refractivity contribution in [1.29, 1.82) is 0 Å². The average Bonchev–Trinajstić information content (AvgIpc) is 2.65. The number of phenols is 1. The average molecular weight is 304 g/mol. The number of hydrogen-bond donors (Lipinski definition) is 3. The molecule has 5 heteroatoms. The van der Waals surface area contributed by atoms with E-state index in [-0.39, 0.29) is 22.5 Å². The van der Waals surface area contributed by atoms with Crippen LogP contribution in [0.1, 0.15) is 64.3 Å². The van der Waals surface area contributed by atoms with E-state index in [2.05, 4.69) is 10.6 Å². The summed E-state index contributed by atoms with van der Waals surface area (Å²) in [5.41, 5.74) is 1.67. The molecule has 120 valence electrons. The minimum Gasteiger partial charge on any atom is -0.507 e. The van der Waals surface area contributed by atoms with Gasteiger partial charge in [-0.1, -0.05) is 41.5 Å². The molecule has 1 aliphatic heterocycles. The molecule has 1 aromatic rings. The molecule has 1 aromatic carbocycles. The SMILES string of the molecule is CC(C)(C)c1cc(C2NC(=O)NC2=O)cc(C(C)(C)C)c1O. The van der Waals surface area contributed by atoms with Crippen molar-refractivity contribution < 1.29 is 14.7 Å². The number of rotatable bonds is 1. The van der Waals surface area contributed by atoms with Gasteiger partial charge in [0.1, 0.15) is 11.8 Å². The van der Waals surface area contributed by atoms with Crippen LogP contribution in [0.15, 0.2) is 12.1 Å². The van der Waals surface area contributed by atoms with E-state index < -0.39 is 12.1 Å². The van der Waals surface area contributed by atoms with Crippen molar-refractivity contribution in [1.82, 2.24) is 10.6 Å². The standard InChI is InChI=1S/C17H24N2O3/c1-16(2,3)10-7-9(12-14(21)19-15(22)18-12)8-11(13(10)20)17(4,5)6/h7-8,12,20H,1-6H3,(H2,18,19,21,22). The predicted molar refractivity (Wildman–Crippen MR) is 84.9 cm³/mol. The lowest BCUT2D eigenvalue weighted by atomic mass is 9.77. The third kappa shape index (κ3) is 2.93. The predicted octanol–water partition coefficient (Wildman–Crippen LogP) is 2.87. The van der Waals surface area contributed by atoms with Gasteiger partial charge in [-0.15, -0.1) is 0 Å². The van der Waals surface area contributed by atoms with Gasteiger partial charge in [-0.2, -0.15) is 0 Å². The fraction of sp³-hybridized carbons (Fsp3) is 0.529. The summed E-state index contributed by atoms with van der Waals surface area (Å²) in [6.45, 7) is 12.0. The molecule has 0 radical (unpaired) electrons. The fourth-order valence-corrected chi connectivity index (χ4v) is 2.62. The number of carbonyl (C=O) groups excluding carboxylic acids is 2. The van der Waals surface area contributed by atoms with Crippen molar-refractivity contribution in [3.05, 3.63) is 28.8 Å². The topological polar surface area (TPSA) is 78.4 Å². The Balaban J connectivity index is 2.66. The first-order chi connectivity index (χ1) is 9.91. The highest BCUT2D eigenvalue weighted by atomic mass is 16.3. The quantitative estimate of drug-likeness (QED) is 0.698. The second-order valence-electron chi connectivity index (χ2n) is 7.86. The number of phenolic OH excluding ortho intramolecular Hbond substituents is 1. The molecule has 1 fully saturated rings. The maximum Gasteiger partial charge on any atom is 0.322 e. The molecule has 0 aliphatic carbocycles. The smallest absolute Gasteiger partial charge is 0.322 e. The van der Waals surface area contributed by atoms with Crippen molar-refractivity contribution >= 4 is 11.9 Å². The first-order valence-corrected chi connectivity index (χ1v) is 7.40. The molecule has 1 heterocycles. The van der Waals surface area contributed by atoms with Crippen LogP contribution >= 0.6 is 0 Å². The summed E-state index contributed by atoms with van der Waals surface area (Å²) in [6, 6.07) is 2.41. The first kappa shape index (κ1) is 16.3. The van der Waals surface area contributed by atoms with Crippen LogP contribution in [0.2, 0.25) is 0 Å². The van der Waals surface area contributed by atoms with Gasteiger partial charge in [0.2, 0.25) is 0 Å². The largest absolute Gasteiger partial charge is 0.507 e. The maximum absolute atomic E-state index is 11.9. The van der Waals surface area contributed by atoms with Crippen LogP contribution in [0, 0.1) is 0 Å². The Hall–Kier alpha value is -2.04. The van der Waals surface area contributed by atoms with E-state index in [1.165, 1.54) is 0 Å². The molecule has 1 saturated heterocycles. The molecule has 1 atom stereocenters. The molecule has 0 saturated carbocycles. The molecule has 0 spiro atoms. The monoisotopic (exact) mass is 304 g/mol. The van der Waals surface area contributed by atoms with Gasteiger partial charge in [-0.05, 0) is 39.7 Å². The van der Waals surface area contributed by atoms with Crippen molar-refractivity contribution in [2.75, 3.05) is 0 Å². The van der Waals surface area contributed by atoms with E-state index in [9.17, 15) is 14.7 Å². The van der Waals surface area contributed by atoms with E-state index >= 15 is 0 Å². The Morgan fingerprint density at radius 2 is 1.41 bits per heavy atom. The molecule has 3 N–H and O–H groups in total. The Morgan fingerprint density at radius 1 is 0.955 bits per heavy atom. The molecule has 3 amide bonds. The molecule has 22 heavy (non-hydrogen) atoms. The Morgan fingerprint density at radius 3 is 1.73 bits per heavy atom. The van der Waals surface area contributed by atoms with Crippen molar-refractivity contribution in [2.45, 2.75) is 58.4 Å². The number of hydrogen-bond acceptors (Lipinski definition) is 3. The van der Waals surface area contributed by atoms with Gasteiger partial charge in [-0.3, -0.25) is 10.1 Å². The van der Waals surface area contributed by atoms with Crippen molar-refractivity contribution in [3.8, 4) is 5.75 Å². The van der Waals surface area contributed by atoms with Crippen LogP contribution in [0.5, 0.6) is 5.75 Å². The van der Waals surface area contributed by atoms with E-state index in [4.69, 9.17) is 0 Å². The molecule has 0 bridgehead atoms. The maximum atomic E-state index is 11.9. The van der Waals surface area contributed by atoms with Crippen molar-refractivity contribution in [2.24, 2.45) is 0 Å². The van der Waals surface area contributed by atoms with Gasteiger partial charge in [0, 0.05) is 0 Å². The molecule has 1 unspecified atom stereocenters. The molecule has 0 aromatic heterocycles. The molecular weight excluding hydrogens is 280 g/mol. The number of carbonyl (C=O) groups is 2. The van der Waals surface area contributed by atoms with Crippen LogP contribution in [-0.2, 0) is 15.6 Å².